The van der Waals surface area contributed by atoms with Crippen LogP contribution in [0.15, 0.2) is 48.5 Å². The van der Waals surface area contributed by atoms with E-state index < -0.39 is 0 Å². The number of benzene rings is 2. The average Bonchev–Trinajstić information content (AvgIpc) is 2.59. The molecule has 0 amide bonds. The topological polar surface area (TPSA) is 35.5 Å². The molecular weight excluding hydrogens is 288 g/mol. The second kappa shape index (κ2) is 8.99. The molecule has 23 heavy (non-hydrogen) atoms. The highest BCUT2D eigenvalue weighted by Gasteiger charge is 2.08. The van der Waals surface area contributed by atoms with E-state index in [-0.39, 0.29) is 5.97 Å². The molecule has 0 aromatic heterocycles. The van der Waals surface area contributed by atoms with Gasteiger partial charge in [0.1, 0.15) is 11.5 Å². The van der Waals surface area contributed by atoms with Crippen LogP contribution < -0.4 is 9.47 Å². The molecule has 0 saturated heterocycles. The fourth-order valence-electron chi connectivity index (χ4n) is 2.18. The van der Waals surface area contributed by atoms with Gasteiger partial charge < -0.3 is 9.47 Å². The summed E-state index contributed by atoms with van der Waals surface area (Å²) in [7, 11) is 0. The molecule has 3 heteroatoms. The summed E-state index contributed by atoms with van der Waals surface area (Å²) in [4.78, 5) is 12.1. The molecule has 0 spiro atoms. The van der Waals surface area contributed by atoms with E-state index in [4.69, 9.17) is 9.47 Å². The van der Waals surface area contributed by atoms with Gasteiger partial charge in [0.25, 0.3) is 0 Å². The monoisotopic (exact) mass is 312 g/mol. The SMILES string of the molecule is CCCCc1ccc(OC(=O)c2ccc(OCCC)cc2)cc1. The first-order chi connectivity index (χ1) is 11.2. The van der Waals surface area contributed by atoms with E-state index in [1.807, 2.05) is 24.3 Å². The van der Waals surface area contributed by atoms with E-state index in [0.717, 1.165) is 18.6 Å². The van der Waals surface area contributed by atoms with Crippen LogP contribution in [0.2, 0.25) is 0 Å². The maximum atomic E-state index is 12.1. The third kappa shape index (κ3) is 5.44. The predicted molar refractivity (Wildman–Crippen MR) is 92.2 cm³/mol. The number of ether oxygens (including phenoxy) is 2. The molecule has 122 valence electrons. The van der Waals surface area contributed by atoms with Crippen LogP contribution in [-0.4, -0.2) is 12.6 Å². The van der Waals surface area contributed by atoms with E-state index >= 15 is 0 Å². The quantitative estimate of drug-likeness (QED) is 0.506. The minimum Gasteiger partial charge on any atom is -0.494 e. The molecule has 0 aliphatic heterocycles. The molecule has 0 heterocycles. The first-order valence-corrected chi connectivity index (χ1v) is 8.27. The van der Waals surface area contributed by atoms with Gasteiger partial charge in [-0.1, -0.05) is 32.4 Å². The van der Waals surface area contributed by atoms with Crippen molar-refractivity contribution in [3.8, 4) is 11.5 Å². The van der Waals surface area contributed by atoms with Gasteiger partial charge in [0, 0.05) is 0 Å². The van der Waals surface area contributed by atoms with Crippen molar-refractivity contribution in [2.45, 2.75) is 39.5 Å². The number of esters is 1. The minimum absolute atomic E-state index is 0.353. The number of aryl methyl sites for hydroxylation is 1. The summed E-state index contributed by atoms with van der Waals surface area (Å²) in [6, 6.07) is 14.8. The van der Waals surface area contributed by atoms with Crippen LogP contribution in [0, 0.1) is 0 Å². The lowest BCUT2D eigenvalue weighted by Gasteiger charge is -2.07. The third-order valence-electron chi connectivity index (χ3n) is 3.52. The summed E-state index contributed by atoms with van der Waals surface area (Å²) >= 11 is 0. The fraction of sp³-hybridized carbons (Fsp3) is 0.350. The Morgan fingerprint density at radius 3 is 2.13 bits per heavy atom. The number of unbranched alkanes of at least 4 members (excludes halogenated alkanes) is 1. The Hall–Kier alpha value is -2.29. The summed E-state index contributed by atoms with van der Waals surface area (Å²) in [6.45, 7) is 4.90. The summed E-state index contributed by atoms with van der Waals surface area (Å²) in [5.74, 6) is 0.985. The lowest BCUT2D eigenvalue weighted by molar-refractivity contribution is 0.0734. The summed E-state index contributed by atoms with van der Waals surface area (Å²) in [5, 5.41) is 0. The molecule has 2 rings (SSSR count). The normalized spacial score (nSPS) is 10.3. The molecule has 0 unspecified atom stereocenters. The number of hydrogen-bond donors (Lipinski definition) is 0. The van der Waals surface area contributed by atoms with Crippen LogP contribution >= 0.6 is 0 Å². The lowest BCUT2D eigenvalue weighted by atomic mass is 10.1. The zero-order valence-corrected chi connectivity index (χ0v) is 13.9. The first-order valence-electron chi connectivity index (χ1n) is 8.27. The molecule has 2 aromatic rings. The Balaban J connectivity index is 1.93. The van der Waals surface area contributed by atoms with Crippen molar-refractivity contribution in [1.29, 1.82) is 0 Å². The molecule has 0 bridgehead atoms. The van der Waals surface area contributed by atoms with Gasteiger partial charge in [-0.15, -0.1) is 0 Å². The average molecular weight is 312 g/mol. The van der Waals surface area contributed by atoms with Gasteiger partial charge in [-0.05, 0) is 61.2 Å². The maximum absolute atomic E-state index is 12.1. The molecule has 0 radical (unpaired) electrons. The van der Waals surface area contributed by atoms with Crippen molar-refractivity contribution in [3.05, 3.63) is 59.7 Å². The van der Waals surface area contributed by atoms with Crippen LogP contribution in [0.1, 0.15) is 49.0 Å². The van der Waals surface area contributed by atoms with E-state index in [1.54, 1.807) is 24.3 Å². The molecule has 0 atom stereocenters. The van der Waals surface area contributed by atoms with Gasteiger partial charge in [-0.25, -0.2) is 4.79 Å². The van der Waals surface area contributed by atoms with Gasteiger partial charge in [-0.3, -0.25) is 0 Å². The van der Waals surface area contributed by atoms with Gasteiger partial charge in [0.2, 0.25) is 0 Å². The van der Waals surface area contributed by atoms with Crippen molar-refractivity contribution in [2.24, 2.45) is 0 Å². The second-order valence-corrected chi connectivity index (χ2v) is 5.51. The molecule has 0 saturated carbocycles. The van der Waals surface area contributed by atoms with Gasteiger partial charge in [0.05, 0.1) is 12.2 Å². The highest BCUT2D eigenvalue weighted by atomic mass is 16.5. The molecular formula is C20H24O3. The first kappa shape index (κ1) is 17.1. The van der Waals surface area contributed by atoms with Crippen LogP contribution in [0.5, 0.6) is 11.5 Å². The van der Waals surface area contributed by atoms with Crippen LogP contribution in [-0.2, 0) is 6.42 Å². The van der Waals surface area contributed by atoms with Crippen molar-refractivity contribution < 1.29 is 14.3 Å². The lowest BCUT2D eigenvalue weighted by Crippen LogP contribution is -2.08. The molecule has 0 fully saturated rings. The van der Waals surface area contributed by atoms with E-state index in [9.17, 15) is 4.79 Å². The van der Waals surface area contributed by atoms with E-state index in [0.29, 0.717) is 17.9 Å². The van der Waals surface area contributed by atoms with E-state index in [1.165, 1.54) is 18.4 Å². The van der Waals surface area contributed by atoms with Gasteiger partial charge in [0.15, 0.2) is 0 Å². The molecule has 0 aliphatic rings. The fourth-order valence-corrected chi connectivity index (χ4v) is 2.18. The van der Waals surface area contributed by atoms with E-state index in [2.05, 4.69) is 13.8 Å². The Bertz CT molecular complexity index is 600. The smallest absolute Gasteiger partial charge is 0.343 e. The highest BCUT2D eigenvalue weighted by Crippen LogP contribution is 2.17. The number of carbonyl (C=O) groups excluding carboxylic acids is 1. The van der Waals surface area contributed by atoms with Gasteiger partial charge in [-0.2, -0.15) is 0 Å². The van der Waals surface area contributed by atoms with Crippen LogP contribution in [0.3, 0.4) is 0 Å². The van der Waals surface area contributed by atoms with Crippen molar-refractivity contribution in [2.75, 3.05) is 6.61 Å². The Morgan fingerprint density at radius 1 is 0.870 bits per heavy atom. The largest absolute Gasteiger partial charge is 0.494 e. The second-order valence-electron chi connectivity index (χ2n) is 5.51. The molecule has 2 aromatic carbocycles. The third-order valence-corrected chi connectivity index (χ3v) is 3.52. The zero-order chi connectivity index (χ0) is 16.5. The maximum Gasteiger partial charge on any atom is 0.343 e. The highest BCUT2D eigenvalue weighted by molar-refractivity contribution is 5.91. The Morgan fingerprint density at radius 2 is 1.52 bits per heavy atom. The standard InChI is InChI=1S/C20H24O3/c1-3-5-6-16-7-11-19(12-8-16)23-20(21)17-9-13-18(14-10-17)22-15-4-2/h7-14H,3-6,15H2,1-2H3. The van der Waals surface area contributed by atoms with Crippen molar-refractivity contribution >= 4 is 5.97 Å². The molecule has 0 aliphatic carbocycles. The number of rotatable bonds is 8. The summed E-state index contributed by atoms with van der Waals surface area (Å²) < 4.78 is 10.9. The summed E-state index contributed by atoms with van der Waals surface area (Å²) in [6.07, 6.45) is 4.36. The van der Waals surface area contributed by atoms with Crippen molar-refractivity contribution in [1.82, 2.24) is 0 Å². The van der Waals surface area contributed by atoms with Crippen LogP contribution in [0.4, 0.5) is 0 Å². The van der Waals surface area contributed by atoms with Gasteiger partial charge >= 0.3 is 5.97 Å². The van der Waals surface area contributed by atoms with Crippen LogP contribution in [0.25, 0.3) is 0 Å². The zero-order valence-electron chi connectivity index (χ0n) is 13.9. The summed E-state index contributed by atoms with van der Waals surface area (Å²) in [5.41, 5.74) is 1.79. The Labute approximate surface area is 138 Å². The van der Waals surface area contributed by atoms with Crippen molar-refractivity contribution in [3.63, 3.8) is 0 Å². The molecule has 0 N–H and O–H groups in total. The Kier molecular flexibility index (Phi) is 6.67. The predicted octanol–water partition coefficient (Wildman–Crippen LogP) is 5.04. The molecule has 3 nitrogen and oxygen atoms in total. The minimum atomic E-state index is -0.353. The number of hydrogen-bond acceptors (Lipinski definition) is 3. The number of carbonyl (C=O) groups is 1.